The number of para-hydroxylation sites is 1. The van der Waals surface area contributed by atoms with Gasteiger partial charge in [-0.05, 0) is 31.2 Å². The maximum atomic E-state index is 5.25. The third-order valence-electron chi connectivity index (χ3n) is 3.74. The van der Waals surface area contributed by atoms with E-state index in [9.17, 15) is 0 Å². The molecule has 126 valence electrons. The minimum Gasteiger partial charge on any atom is -0.461 e. The molecule has 4 rings (SSSR count). The molecule has 1 aromatic carbocycles. The van der Waals surface area contributed by atoms with Crippen LogP contribution in [0.15, 0.2) is 63.9 Å². The Bertz CT molecular complexity index is 929. The SMILES string of the molecule is C[C@@H](NCc1nc(-c2ccco2)no1)c1cn(-c2ccccc2)nn1. The summed E-state index contributed by atoms with van der Waals surface area (Å²) in [5.74, 6) is 1.49. The highest BCUT2D eigenvalue weighted by molar-refractivity contribution is 5.44. The van der Waals surface area contributed by atoms with Crippen molar-refractivity contribution in [3.05, 3.63) is 66.5 Å². The van der Waals surface area contributed by atoms with Crippen LogP contribution in [0.3, 0.4) is 0 Å². The summed E-state index contributed by atoms with van der Waals surface area (Å²) in [5.41, 5.74) is 1.79. The molecule has 0 amide bonds. The molecule has 3 heterocycles. The predicted octanol–water partition coefficient (Wildman–Crippen LogP) is 2.76. The monoisotopic (exact) mass is 336 g/mol. The molecule has 4 aromatic rings. The highest BCUT2D eigenvalue weighted by Crippen LogP contribution is 2.16. The maximum absolute atomic E-state index is 5.25. The first-order valence-corrected chi connectivity index (χ1v) is 7.87. The summed E-state index contributed by atoms with van der Waals surface area (Å²) in [4.78, 5) is 4.30. The van der Waals surface area contributed by atoms with E-state index in [2.05, 4.69) is 25.8 Å². The molecule has 0 aliphatic rings. The largest absolute Gasteiger partial charge is 0.461 e. The van der Waals surface area contributed by atoms with Gasteiger partial charge in [-0.1, -0.05) is 28.6 Å². The van der Waals surface area contributed by atoms with E-state index < -0.39 is 0 Å². The summed E-state index contributed by atoms with van der Waals surface area (Å²) in [5, 5.41) is 15.6. The van der Waals surface area contributed by atoms with Crippen LogP contribution in [0.1, 0.15) is 24.6 Å². The standard InChI is InChI=1S/C17H16N6O2/c1-12(14-11-23(22-20-14)13-6-3-2-4-7-13)18-10-16-19-17(21-25-16)15-8-5-9-24-15/h2-9,11-12,18H,10H2,1H3/t12-/m1/s1. The van der Waals surface area contributed by atoms with Crippen LogP contribution in [0.5, 0.6) is 0 Å². The lowest BCUT2D eigenvalue weighted by Gasteiger charge is -2.07. The van der Waals surface area contributed by atoms with Gasteiger partial charge in [0.05, 0.1) is 36.4 Å². The molecule has 3 aromatic heterocycles. The third-order valence-corrected chi connectivity index (χ3v) is 3.74. The van der Waals surface area contributed by atoms with Crippen molar-refractivity contribution >= 4 is 0 Å². The van der Waals surface area contributed by atoms with Crippen LogP contribution in [0, 0.1) is 0 Å². The van der Waals surface area contributed by atoms with Crippen molar-refractivity contribution in [1.82, 2.24) is 30.5 Å². The average Bonchev–Trinajstić information content (AvgIpc) is 3.41. The van der Waals surface area contributed by atoms with E-state index >= 15 is 0 Å². The molecule has 0 radical (unpaired) electrons. The fraction of sp³-hybridized carbons (Fsp3) is 0.176. The van der Waals surface area contributed by atoms with E-state index in [0.717, 1.165) is 11.4 Å². The Kier molecular flexibility index (Phi) is 4.09. The van der Waals surface area contributed by atoms with Crippen molar-refractivity contribution in [2.24, 2.45) is 0 Å². The van der Waals surface area contributed by atoms with Gasteiger partial charge in [-0.2, -0.15) is 4.98 Å². The number of furan rings is 1. The molecule has 1 atom stereocenters. The van der Waals surface area contributed by atoms with Crippen LogP contribution in [0.2, 0.25) is 0 Å². The number of benzene rings is 1. The summed E-state index contributed by atoms with van der Waals surface area (Å²) in [6.45, 7) is 2.43. The summed E-state index contributed by atoms with van der Waals surface area (Å²) < 4.78 is 12.2. The van der Waals surface area contributed by atoms with E-state index in [0.29, 0.717) is 24.0 Å². The number of aromatic nitrogens is 5. The van der Waals surface area contributed by atoms with Gasteiger partial charge in [0.1, 0.15) is 0 Å². The molecule has 8 heteroatoms. The second-order valence-electron chi connectivity index (χ2n) is 5.52. The lowest BCUT2D eigenvalue weighted by atomic mass is 10.2. The topological polar surface area (TPSA) is 94.8 Å². The Hall–Kier alpha value is -3.26. The molecule has 25 heavy (non-hydrogen) atoms. The fourth-order valence-corrected chi connectivity index (χ4v) is 2.36. The number of hydrogen-bond acceptors (Lipinski definition) is 7. The highest BCUT2D eigenvalue weighted by Gasteiger charge is 2.14. The Morgan fingerprint density at radius 1 is 1.16 bits per heavy atom. The van der Waals surface area contributed by atoms with Gasteiger partial charge in [0.25, 0.3) is 0 Å². The van der Waals surface area contributed by atoms with Crippen LogP contribution in [0.4, 0.5) is 0 Å². The second-order valence-corrected chi connectivity index (χ2v) is 5.52. The van der Waals surface area contributed by atoms with Gasteiger partial charge < -0.3 is 14.3 Å². The molecule has 0 bridgehead atoms. The minimum absolute atomic E-state index is 0.0172. The third kappa shape index (κ3) is 3.33. The number of nitrogens with zero attached hydrogens (tertiary/aromatic N) is 5. The van der Waals surface area contributed by atoms with Gasteiger partial charge in [0.15, 0.2) is 5.76 Å². The van der Waals surface area contributed by atoms with E-state index in [-0.39, 0.29) is 6.04 Å². The zero-order chi connectivity index (χ0) is 17.1. The zero-order valence-electron chi connectivity index (χ0n) is 13.5. The van der Waals surface area contributed by atoms with Gasteiger partial charge in [0, 0.05) is 0 Å². The first-order valence-electron chi connectivity index (χ1n) is 7.87. The molecule has 0 spiro atoms. The van der Waals surface area contributed by atoms with E-state index in [1.165, 1.54) is 0 Å². The lowest BCUT2D eigenvalue weighted by molar-refractivity contribution is 0.359. The summed E-state index contributed by atoms with van der Waals surface area (Å²) in [6.07, 6.45) is 3.47. The van der Waals surface area contributed by atoms with Crippen molar-refractivity contribution in [1.29, 1.82) is 0 Å². The van der Waals surface area contributed by atoms with Crippen LogP contribution in [-0.4, -0.2) is 25.1 Å². The first-order chi connectivity index (χ1) is 12.3. The predicted molar refractivity (Wildman–Crippen MR) is 88.6 cm³/mol. The van der Waals surface area contributed by atoms with Gasteiger partial charge in [-0.3, -0.25) is 0 Å². The van der Waals surface area contributed by atoms with Gasteiger partial charge in [-0.25, -0.2) is 4.68 Å². The van der Waals surface area contributed by atoms with Crippen LogP contribution in [0.25, 0.3) is 17.3 Å². The molecule has 0 saturated heterocycles. The molecular formula is C17H16N6O2. The van der Waals surface area contributed by atoms with E-state index in [1.807, 2.05) is 43.5 Å². The lowest BCUT2D eigenvalue weighted by Crippen LogP contribution is -2.18. The second kappa shape index (κ2) is 6.70. The van der Waals surface area contributed by atoms with E-state index in [1.54, 1.807) is 23.1 Å². The number of rotatable bonds is 6. The molecular weight excluding hydrogens is 320 g/mol. The van der Waals surface area contributed by atoms with Gasteiger partial charge in [0.2, 0.25) is 11.7 Å². The van der Waals surface area contributed by atoms with Crippen molar-refractivity contribution < 1.29 is 8.94 Å². The number of nitrogens with one attached hydrogen (secondary N) is 1. The van der Waals surface area contributed by atoms with Crippen molar-refractivity contribution in [3.8, 4) is 17.3 Å². The summed E-state index contributed by atoms with van der Waals surface area (Å²) >= 11 is 0. The van der Waals surface area contributed by atoms with Crippen LogP contribution < -0.4 is 5.32 Å². The quantitative estimate of drug-likeness (QED) is 0.578. The highest BCUT2D eigenvalue weighted by atomic mass is 16.5. The Labute approximate surface area is 143 Å². The molecule has 8 nitrogen and oxygen atoms in total. The average molecular weight is 336 g/mol. The van der Waals surface area contributed by atoms with Gasteiger partial charge in [-0.15, -0.1) is 5.10 Å². The summed E-state index contributed by atoms with van der Waals surface area (Å²) in [7, 11) is 0. The zero-order valence-corrected chi connectivity index (χ0v) is 13.5. The molecule has 1 N–H and O–H groups in total. The molecule has 0 fully saturated rings. The molecule has 0 saturated carbocycles. The minimum atomic E-state index is -0.0172. The van der Waals surface area contributed by atoms with Crippen molar-refractivity contribution in [2.75, 3.05) is 0 Å². The smallest absolute Gasteiger partial charge is 0.241 e. The van der Waals surface area contributed by atoms with Crippen molar-refractivity contribution in [2.45, 2.75) is 19.5 Å². The Morgan fingerprint density at radius 3 is 2.84 bits per heavy atom. The Morgan fingerprint density at radius 2 is 2.04 bits per heavy atom. The maximum Gasteiger partial charge on any atom is 0.241 e. The van der Waals surface area contributed by atoms with Crippen LogP contribution >= 0.6 is 0 Å². The first kappa shape index (κ1) is 15.3. The van der Waals surface area contributed by atoms with Crippen LogP contribution in [-0.2, 0) is 6.54 Å². The van der Waals surface area contributed by atoms with Gasteiger partial charge >= 0.3 is 0 Å². The summed E-state index contributed by atoms with van der Waals surface area (Å²) in [6, 6.07) is 13.4. The normalized spacial score (nSPS) is 12.4. The van der Waals surface area contributed by atoms with E-state index in [4.69, 9.17) is 8.94 Å². The fourth-order valence-electron chi connectivity index (χ4n) is 2.36. The van der Waals surface area contributed by atoms with Crippen molar-refractivity contribution in [3.63, 3.8) is 0 Å². The molecule has 0 unspecified atom stereocenters. The Balaban J connectivity index is 1.39. The molecule has 0 aliphatic heterocycles. The molecule has 0 aliphatic carbocycles. The number of hydrogen-bond donors (Lipinski definition) is 1.